The van der Waals surface area contributed by atoms with Gasteiger partial charge in [-0.25, -0.2) is 0 Å². The largest absolute Gasteiger partial charge is 0.488 e. The predicted octanol–water partition coefficient (Wildman–Crippen LogP) is 3.14. The van der Waals surface area contributed by atoms with Crippen LogP contribution in [-0.2, 0) is 6.42 Å². The monoisotopic (exact) mass is 291 g/mol. The molecule has 6 heteroatoms. The summed E-state index contributed by atoms with van der Waals surface area (Å²) in [7, 11) is 0. The number of alkyl halides is 3. The lowest BCUT2D eigenvalue weighted by molar-refractivity contribution is -0.0327. The Balaban J connectivity index is 1.67. The number of benzene rings is 1. The van der Waals surface area contributed by atoms with Gasteiger partial charge in [0.1, 0.15) is 11.9 Å². The van der Waals surface area contributed by atoms with Crippen molar-refractivity contribution in [2.75, 3.05) is 18.8 Å². The summed E-state index contributed by atoms with van der Waals surface area (Å²) in [5.41, 5.74) is -1.77. The minimum absolute atomic E-state index is 0.00204. The molecule has 0 spiro atoms. The molecular formula is C13H16F3NOS. The van der Waals surface area contributed by atoms with Gasteiger partial charge in [-0.2, -0.15) is 13.2 Å². The van der Waals surface area contributed by atoms with Crippen LogP contribution in [0.2, 0.25) is 0 Å². The van der Waals surface area contributed by atoms with Crippen LogP contribution in [0.25, 0.3) is 0 Å². The molecule has 2 rings (SSSR count). The Bertz CT molecular complexity index is 436. The molecule has 0 aliphatic carbocycles. The van der Waals surface area contributed by atoms with E-state index in [0.29, 0.717) is 13.1 Å². The third kappa shape index (κ3) is 4.62. The van der Waals surface area contributed by atoms with Gasteiger partial charge in [-0.15, -0.1) is 0 Å². The van der Waals surface area contributed by atoms with Crippen molar-refractivity contribution < 1.29 is 17.9 Å². The van der Waals surface area contributed by atoms with Gasteiger partial charge in [0.2, 0.25) is 0 Å². The van der Waals surface area contributed by atoms with Gasteiger partial charge in [0.15, 0.2) is 0 Å². The van der Waals surface area contributed by atoms with E-state index in [2.05, 4.69) is 11.4 Å². The summed E-state index contributed by atoms with van der Waals surface area (Å²) in [6.07, 6.45) is 0.837. The molecule has 19 heavy (non-hydrogen) atoms. The van der Waals surface area contributed by atoms with Crippen LogP contribution in [0.3, 0.4) is 0 Å². The van der Waals surface area contributed by atoms with Crippen LogP contribution in [0.5, 0.6) is 5.75 Å². The molecule has 1 unspecified atom stereocenters. The van der Waals surface area contributed by atoms with E-state index in [1.807, 2.05) is 19.1 Å². The molecule has 1 atom stereocenters. The van der Waals surface area contributed by atoms with E-state index < -0.39 is 5.51 Å². The lowest BCUT2D eigenvalue weighted by atomic mass is 10.1. The first-order valence-corrected chi connectivity index (χ1v) is 7.10. The summed E-state index contributed by atoms with van der Waals surface area (Å²) < 4.78 is 41.5. The minimum atomic E-state index is -4.14. The number of halogens is 3. The van der Waals surface area contributed by atoms with Crippen molar-refractivity contribution in [1.82, 2.24) is 5.32 Å². The first-order valence-electron chi connectivity index (χ1n) is 6.11. The van der Waals surface area contributed by atoms with Gasteiger partial charge in [-0.3, -0.25) is 0 Å². The lowest BCUT2D eigenvalue weighted by Crippen LogP contribution is -2.31. The molecule has 0 saturated carbocycles. The minimum Gasteiger partial charge on any atom is -0.488 e. The Morgan fingerprint density at radius 1 is 1.42 bits per heavy atom. The number of hydrogen-bond donors (Lipinski definition) is 1. The van der Waals surface area contributed by atoms with Crippen molar-refractivity contribution in [3.63, 3.8) is 0 Å². The molecule has 0 saturated heterocycles. The van der Waals surface area contributed by atoms with E-state index in [9.17, 15) is 13.2 Å². The maximum absolute atomic E-state index is 11.9. The SMILES string of the molecule is Cc1ccc2c(c1)CC(CNCCSC(F)(F)F)O2. The molecular weight excluding hydrogens is 275 g/mol. The van der Waals surface area contributed by atoms with Gasteiger partial charge in [-0.05, 0) is 30.3 Å². The van der Waals surface area contributed by atoms with E-state index in [-0.39, 0.29) is 23.6 Å². The van der Waals surface area contributed by atoms with Crippen molar-refractivity contribution in [3.05, 3.63) is 29.3 Å². The average Bonchev–Trinajstić information content (AvgIpc) is 2.68. The Kier molecular flexibility index (Phi) is 4.62. The second-order valence-corrected chi connectivity index (χ2v) is 5.71. The first kappa shape index (κ1) is 14.5. The van der Waals surface area contributed by atoms with Gasteiger partial charge in [0, 0.05) is 25.3 Å². The van der Waals surface area contributed by atoms with Crippen molar-refractivity contribution in [1.29, 1.82) is 0 Å². The van der Waals surface area contributed by atoms with Crippen molar-refractivity contribution in [2.45, 2.75) is 25.0 Å². The summed E-state index contributed by atoms with van der Waals surface area (Å²) in [6, 6.07) is 6.04. The third-order valence-corrected chi connectivity index (χ3v) is 3.61. The quantitative estimate of drug-likeness (QED) is 0.842. The average molecular weight is 291 g/mol. The Hall–Kier alpha value is -0.880. The molecule has 0 amide bonds. The summed E-state index contributed by atoms with van der Waals surface area (Å²) in [5.74, 6) is 0.921. The van der Waals surface area contributed by atoms with Crippen LogP contribution >= 0.6 is 11.8 Å². The smallest absolute Gasteiger partial charge is 0.441 e. The molecule has 1 aromatic carbocycles. The number of thioether (sulfide) groups is 1. The van der Waals surface area contributed by atoms with Crippen molar-refractivity contribution in [2.24, 2.45) is 0 Å². The zero-order chi connectivity index (χ0) is 13.9. The van der Waals surface area contributed by atoms with Gasteiger partial charge in [0.25, 0.3) is 0 Å². The highest BCUT2D eigenvalue weighted by Gasteiger charge is 2.27. The zero-order valence-electron chi connectivity index (χ0n) is 10.6. The van der Waals surface area contributed by atoms with Crippen LogP contribution in [0.4, 0.5) is 13.2 Å². The molecule has 0 bridgehead atoms. The molecule has 1 heterocycles. The standard InChI is InChI=1S/C13H16F3NOS/c1-9-2-3-12-10(6-9)7-11(18-12)8-17-4-5-19-13(14,15)16/h2-3,6,11,17H,4-5,7-8H2,1H3. The third-order valence-electron chi connectivity index (χ3n) is 2.87. The van der Waals surface area contributed by atoms with E-state index in [1.165, 1.54) is 11.1 Å². The number of ether oxygens (including phenoxy) is 1. The van der Waals surface area contributed by atoms with Crippen molar-refractivity contribution >= 4 is 11.8 Å². The fourth-order valence-corrected chi connectivity index (χ4v) is 2.54. The molecule has 1 aliphatic rings. The maximum atomic E-state index is 11.9. The highest BCUT2D eigenvalue weighted by atomic mass is 32.2. The second-order valence-electron chi connectivity index (χ2n) is 4.55. The van der Waals surface area contributed by atoms with Gasteiger partial charge < -0.3 is 10.1 Å². The number of aryl methyl sites for hydroxylation is 1. The van der Waals surface area contributed by atoms with E-state index in [1.54, 1.807) is 0 Å². The van der Waals surface area contributed by atoms with E-state index in [0.717, 1.165) is 12.2 Å². The maximum Gasteiger partial charge on any atom is 0.441 e. The number of rotatable bonds is 5. The molecule has 1 aliphatic heterocycles. The van der Waals surface area contributed by atoms with E-state index in [4.69, 9.17) is 4.74 Å². The topological polar surface area (TPSA) is 21.3 Å². The summed E-state index contributed by atoms with van der Waals surface area (Å²) in [4.78, 5) is 0. The Morgan fingerprint density at radius 2 is 2.21 bits per heavy atom. The molecule has 2 nitrogen and oxygen atoms in total. The summed E-state index contributed by atoms with van der Waals surface area (Å²) in [5, 5.41) is 3.00. The second kappa shape index (κ2) is 6.05. The van der Waals surface area contributed by atoms with Gasteiger partial charge >= 0.3 is 5.51 Å². The molecule has 1 aromatic rings. The van der Waals surface area contributed by atoms with Crippen LogP contribution < -0.4 is 10.1 Å². The number of fused-ring (bicyclic) bond motifs is 1. The molecule has 0 fully saturated rings. The predicted molar refractivity (Wildman–Crippen MR) is 70.7 cm³/mol. The molecule has 0 radical (unpaired) electrons. The molecule has 0 aromatic heterocycles. The van der Waals surface area contributed by atoms with E-state index >= 15 is 0 Å². The lowest BCUT2D eigenvalue weighted by Gasteiger charge is -2.12. The first-order chi connectivity index (χ1) is 8.94. The normalized spacial score (nSPS) is 18.2. The molecule has 1 N–H and O–H groups in total. The van der Waals surface area contributed by atoms with Crippen LogP contribution in [0, 0.1) is 6.92 Å². The van der Waals surface area contributed by atoms with Crippen LogP contribution in [-0.4, -0.2) is 30.5 Å². The number of nitrogens with one attached hydrogen (secondary N) is 1. The fourth-order valence-electron chi connectivity index (χ4n) is 2.07. The van der Waals surface area contributed by atoms with Crippen LogP contribution in [0.15, 0.2) is 18.2 Å². The zero-order valence-corrected chi connectivity index (χ0v) is 11.4. The highest BCUT2D eigenvalue weighted by Crippen LogP contribution is 2.30. The molecule has 106 valence electrons. The highest BCUT2D eigenvalue weighted by molar-refractivity contribution is 8.00. The van der Waals surface area contributed by atoms with Gasteiger partial charge in [0.05, 0.1) is 0 Å². The Morgan fingerprint density at radius 3 is 2.95 bits per heavy atom. The van der Waals surface area contributed by atoms with Crippen LogP contribution in [0.1, 0.15) is 11.1 Å². The summed E-state index contributed by atoms with van der Waals surface area (Å²) >= 11 is 0.00204. The number of hydrogen-bond acceptors (Lipinski definition) is 3. The van der Waals surface area contributed by atoms with Gasteiger partial charge in [-0.1, -0.05) is 17.7 Å². The summed E-state index contributed by atoms with van der Waals surface area (Å²) in [6.45, 7) is 2.94. The fraction of sp³-hybridized carbons (Fsp3) is 0.538. The van der Waals surface area contributed by atoms with Crippen molar-refractivity contribution in [3.8, 4) is 5.75 Å². The Labute approximate surface area is 114 Å².